The number of nitrogens with one attached hydrogen (secondary N) is 1. The Morgan fingerprint density at radius 3 is 2.79 bits per heavy atom. The van der Waals surface area contributed by atoms with Gasteiger partial charge in [-0.1, -0.05) is 30.0 Å². The van der Waals surface area contributed by atoms with E-state index in [1.807, 2.05) is 24.3 Å². The summed E-state index contributed by atoms with van der Waals surface area (Å²) < 4.78 is 44.3. The highest BCUT2D eigenvalue weighted by atomic mass is 32.1. The Hall–Kier alpha value is -2.89. The van der Waals surface area contributed by atoms with Crippen molar-refractivity contribution < 1.29 is 22.7 Å². The van der Waals surface area contributed by atoms with Gasteiger partial charge in [-0.2, -0.15) is 13.2 Å². The van der Waals surface area contributed by atoms with Gasteiger partial charge >= 0.3 is 6.18 Å². The molecule has 0 atom stereocenters. The third kappa shape index (κ3) is 5.55. The lowest BCUT2D eigenvalue weighted by molar-refractivity contribution is -0.137. The first-order chi connectivity index (χ1) is 13.4. The molecule has 1 heterocycles. The molecule has 0 saturated heterocycles. The van der Waals surface area contributed by atoms with Crippen LogP contribution in [0.1, 0.15) is 16.1 Å². The van der Waals surface area contributed by atoms with E-state index in [9.17, 15) is 18.0 Å². The standard InChI is InChI=1S/C20H15F3N2O2S/c21-20(22,23)15-7-3-5-14(11-15)6-4-10-24-18(26)12-27-13-19-25-16-8-1-2-9-17(16)28-19/h1-3,5,7-9,11H,10,12-13H2,(H,24,26). The van der Waals surface area contributed by atoms with Crippen LogP contribution in [0.2, 0.25) is 0 Å². The summed E-state index contributed by atoms with van der Waals surface area (Å²) in [7, 11) is 0. The van der Waals surface area contributed by atoms with Crippen LogP contribution in [0.4, 0.5) is 13.2 Å². The molecule has 3 rings (SSSR count). The van der Waals surface area contributed by atoms with E-state index in [-0.39, 0.29) is 31.2 Å². The van der Waals surface area contributed by atoms with Gasteiger partial charge in [0.2, 0.25) is 5.91 Å². The van der Waals surface area contributed by atoms with E-state index in [1.165, 1.54) is 23.5 Å². The number of carbonyl (C=O) groups is 1. The van der Waals surface area contributed by atoms with Gasteiger partial charge in [-0.3, -0.25) is 4.79 Å². The van der Waals surface area contributed by atoms with Crippen molar-refractivity contribution >= 4 is 27.5 Å². The zero-order chi connectivity index (χ0) is 20.0. The summed E-state index contributed by atoms with van der Waals surface area (Å²) in [6.45, 7) is 0.0867. The Morgan fingerprint density at radius 2 is 2.00 bits per heavy atom. The minimum atomic E-state index is -4.41. The van der Waals surface area contributed by atoms with Gasteiger partial charge in [0.25, 0.3) is 0 Å². The first kappa shape index (κ1) is 19.9. The van der Waals surface area contributed by atoms with Gasteiger partial charge in [-0.15, -0.1) is 11.3 Å². The molecule has 0 saturated carbocycles. The molecule has 3 aromatic rings. The largest absolute Gasteiger partial charge is 0.416 e. The molecule has 1 N–H and O–H groups in total. The number of fused-ring (bicyclic) bond motifs is 1. The lowest BCUT2D eigenvalue weighted by Crippen LogP contribution is -2.27. The second-order valence-corrected chi connectivity index (χ2v) is 6.84. The van der Waals surface area contributed by atoms with E-state index >= 15 is 0 Å². The zero-order valence-corrected chi connectivity index (χ0v) is 15.4. The molecule has 144 valence electrons. The van der Waals surface area contributed by atoms with Crippen molar-refractivity contribution in [3.8, 4) is 11.8 Å². The number of thiazole rings is 1. The van der Waals surface area contributed by atoms with Crippen molar-refractivity contribution in [2.24, 2.45) is 0 Å². The van der Waals surface area contributed by atoms with Crippen LogP contribution in [-0.2, 0) is 22.3 Å². The van der Waals surface area contributed by atoms with Crippen LogP contribution in [0.15, 0.2) is 48.5 Å². The van der Waals surface area contributed by atoms with Gasteiger partial charge < -0.3 is 10.1 Å². The van der Waals surface area contributed by atoms with Crippen LogP contribution >= 0.6 is 11.3 Å². The summed E-state index contributed by atoms with van der Waals surface area (Å²) in [5.74, 6) is 4.86. The number of nitrogens with zero attached hydrogens (tertiary/aromatic N) is 1. The van der Waals surface area contributed by atoms with E-state index in [1.54, 1.807) is 0 Å². The third-order valence-electron chi connectivity index (χ3n) is 3.59. The Balaban J connectivity index is 1.42. The van der Waals surface area contributed by atoms with Gasteiger partial charge in [-0.05, 0) is 30.3 Å². The van der Waals surface area contributed by atoms with Crippen molar-refractivity contribution in [3.05, 3.63) is 64.7 Å². The molecule has 0 fully saturated rings. The van der Waals surface area contributed by atoms with E-state index in [2.05, 4.69) is 22.1 Å². The van der Waals surface area contributed by atoms with Crippen molar-refractivity contribution in [2.45, 2.75) is 12.8 Å². The molecule has 0 unspecified atom stereocenters. The summed E-state index contributed by atoms with van der Waals surface area (Å²) in [6.07, 6.45) is -4.41. The molecule has 0 aliphatic rings. The fourth-order valence-electron chi connectivity index (χ4n) is 2.33. The maximum Gasteiger partial charge on any atom is 0.416 e. The Morgan fingerprint density at radius 1 is 1.18 bits per heavy atom. The molecule has 0 bridgehead atoms. The molecule has 1 amide bonds. The number of carbonyl (C=O) groups excluding carboxylic acids is 1. The van der Waals surface area contributed by atoms with E-state index in [0.717, 1.165) is 27.4 Å². The minimum Gasteiger partial charge on any atom is -0.364 e. The molecule has 4 nitrogen and oxygen atoms in total. The van der Waals surface area contributed by atoms with Crippen molar-refractivity contribution in [2.75, 3.05) is 13.2 Å². The fraction of sp³-hybridized carbons (Fsp3) is 0.200. The molecular formula is C20H15F3N2O2S. The lowest BCUT2D eigenvalue weighted by atomic mass is 10.1. The molecule has 28 heavy (non-hydrogen) atoms. The highest BCUT2D eigenvalue weighted by Crippen LogP contribution is 2.29. The van der Waals surface area contributed by atoms with Crippen LogP contribution in [0, 0.1) is 11.8 Å². The second-order valence-electron chi connectivity index (χ2n) is 5.73. The number of hydrogen-bond acceptors (Lipinski definition) is 4. The Bertz CT molecular complexity index is 1000. The number of ether oxygens (including phenoxy) is 1. The van der Waals surface area contributed by atoms with Gasteiger partial charge in [-0.25, -0.2) is 4.98 Å². The van der Waals surface area contributed by atoms with Crippen molar-refractivity contribution in [1.82, 2.24) is 10.3 Å². The van der Waals surface area contributed by atoms with Crippen LogP contribution < -0.4 is 5.32 Å². The molecule has 0 spiro atoms. The Kier molecular flexibility index (Phi) is 6.29. The number of halogens is 3. The molecule has 2 aromatic carbocycles. The predicted molar refractivity (Wildman–Crippen MR) is 101 cm³/mol. The van der Waals surface area contributed by atoms with Gasteiger partial charge in [0.15, 0.2) is 0 Å². The van der Waals surface area contributed by atoms with Crippen molar-refractivity contribution in [1.29, 1.82) is 0 Å². The molecular weight excluding hydrogens is 389 g/mol. The normalized spacial score (nSPS) is 11.1. The summed E-state index contributed by atoms with van der Waals surface area (Å²) in [4.78, 5) is 16.1. The highest BCUT2D eigenvalue weighted by Gasteiger charge is 2.30. The van der Waals surface area contributed by atoms with Crippen LogP contribution in [0.5, 0.6) is 0 Å². The summed E-state index contributed by atoms with van der Waals surface area (Å²) in [5.41, 5.74) is 0.364. The number of hydrogen-bond donors (Lipinski definition) is 1. The quantitative estimate of drug-likeness (QED) is 0.654. The maximum absolute atomic E-state index is 12.6. The van der Waals surface area contributed by atoms with E-state index in [4.69, 9.17) is 4.74 Å². The zero-order valence-electron chi connectivity index (χ0n) is 14.5. The van der Waals surface area contributed by atoms with Gasteiger partial charge in [0.1, 0.15) is 11.6 Å². The number of rotatable bonds is 5. The molecule has 0 aliphatic heterocycles. The van der Waals surface area contributed by atoms with Crippen LogP contribution in [0.25, 0.3) is 10.2 Å². The SMILES string of the molecule is O=C(COCc1nc2ccccc2s1)NCC#Cc1cccc(C(F)(F)F)c1. The second kappa shape index (κ2) is 8.87. The van der Waals surface area contributed by atoms with Crippen LogP contribution in [-0.4, -0.2) is 24.0 Å². The first-order valence-electron chi connectivity index (χ1n) is 8.27. The first-order valence-corrected chi connectivity index (χ1v) is 9.08. The van der Waals surface area contributed by atoms with Gasteiger partial charge in [0, 0.05) is 5.56 Å². The molecule has 1 aromatic heterocycles. The Labute approximate surface area is 163 Å². The monoisotopic (exact) mass is 404 g/mol. The average Bonchev–Trinajstić information content (AvgIpc) is 3.07. The van der Waals surface area contributed by atoms with Crippen LogP contribution in [0.3, 0.4) is 0 Å². The third-order valence-corrected chi connectivity index (χ3v) is 4.60. The van der Waals surface area contributed by atoms with Gasteiger partial charge in [0.05, 0.1) is 28.9 Å². The summed E-state index contributed by atoms with van der Waals surface area (Å²) >= 11 is 1.50. The smallest absolute Gasteiger partial charge is 0.364 e. The van der Waals surface area contributed by atoms with Crippen molar-refractivity contribution in [3.63, 3.8) is 0 Å². The minimum absolute atomic E-state index is 0.0135. The number of aromatic nitrogens is 1. The fourth-order valence-corrected chi connectivity index (χ4v) is 3.23. The average molecular weight is 404 g/mol. The number of alkyl halides is 3. The predicted octanol–water partition coefficient (Wildman–Crippen LogP) is 4.00. The number of amides is 1. The number of benzene rings is 2. The highest BCUT2D eigenvalue weighted by molar-refractivity contribution is 7.18. The molecule has 8 heteroatoms. The lowest BCUT2D eigenvalue weighted by Gasteiger charge is -2.05. The number of para-hydroxylation sites is 1. The van der Waals surface area contributed by atoms with E-state index in [0.29, 0.717) is 0 Å². The maximum atomic E-state index is 12.6. The molecule has 0 radical (unpaired) electrons. The summed E-state index contributed by atoms with van der Waals surface area (Å²) in [6, 6.07) is 12.4. The van der Waals surface area contributed by atoms with E-state index < -0.39 is 11.7 Å². The molecule has 0 aliphatic carbocycles. The summed E-state index contributed by atoms with van der Waals surface area (Å²) in [5, 5.41) is 3.31. The topological polar surface area (TPSA) is 51.2 Å².